The molecule has 0 radical (unpaired) electrons. The Morgan fingerprint density at radius 3 is 2.65 bits per heavy atom. The zero-order valence-corrected chi connectivity index (χ0v) is 13.4. The van der Waals surface area contributed by atoms with E-state index in [2.05, 4.69) is 15.9 Å². The molecule has 2 aliphatic rings. The average molecular weight is 340 g/mol. The van der Waals surface area contributed by atoms with Crippen LogP contribution < -0.4 is 5.73 Å². The van der Waals surface area contributed by atoms with Crippen molar-refractivity contribution in [3.05, 3.63) is 34.1 Å². The van der Waals surface area contributed by atoms with Crippen LogP contribution in [-0.2, 0) is 0 Å². The Balaban J connectivity index is 1.74. The first kappa shape index (κ1) is 14.5. The average Bonchev–Trinajstić information content (AvgIpc) is 2.49. The normalized spacial score (nSPS) is 31.6. The molecule has 2 saturated carbocycles. The SMILES string of the molecule is NC(c1cccc(Br)c1F)C1CCC2CCCCC2C1. The van der Waals surface area contributed by atoms with Gasteiger partial charge in [-0.1, -0.05) is 37.8 Å². The van der Waals surface area contributed by atoms with Gasteiger partial charge in [0.1, 0.15) is 5.82 Å². The van der Waals surface area contributed by atoms with Crippen LogP contribution in [0.25, 0.3) is 0 Å². The standard InChI is InChI=1S/C17H23BrFN/c18-15-7-3-6-14(16(15)19)17(20)13-9-8-11-4-1-2-5-12(11)10-13/h3,6-7,11-13,17H,1-2,4-5,8-10,20H2. The number of hydrogen-bond donors (Lipinski definition) is 1. The second-order valence-corrected chi connectivity index (χ2v) is 7.40. The van der Waals surface area contributed by atoms with Gasteiger partial charge in [0.05, 0.1) is 4.47 Å². The Bertz CT molecular complexity index is 476. The van der Waals surface area contributed by atoms with Crippen molar-refractivity contribution in [3.8, 4) is 0 Å². The number of halogens is 2. The number of nitrogens with two attached hydrogens (primary N) is 1. The molecule has 1 aromatic carbocycles. The fourth-order valence-corrected chi connectivity index (χ4v) is 4.65. The highest BCUT2D eigenvalue weighted by molar-refractivity contribution is 9.10. The Morgan fingerprint density at radius 2 is 1.85 bits per heavy atom. The summed E-state index contributed by atoms with van der Waals surface area (Å²) >= 11 is 3.26. The van der Waals surface area contributed by atoms with E-state index < -0.39 is 0 Å². The molecule has 0 heterocycles. The molecular formula is C17H23BrFN. The zero-order chi connectivity index (χ0) is 14.1. The van der Waals surface area contributed by atoms with Crippen LogP contribution in [0.4, 0.5) is 4.39 Å². The monoisotopic (exact) mass is 339 g/mol. The van der Waals surface area contributed by atoms with Gasteiger partial charge in [-0.2, -0.15) is 0 Å². The first-order chi connectivity index (χ1) is 9.66. The fraction of sp³-hybridized carbons (Fsp3) is 0.647. The molecule has 3 heteroatoms. The van der Waals surface area contributed by atoms with E-state index in [4.69, 9.17) is 5.73 Å². The van der Waals surface area contributed by atoms with Gasteiger partial charge < -0.3 is 5.73 Å². The molecule has 20 heavy (non-hydrogen) atoms. The highest BCUT2D eigenvalue weighted by atomic mass is 79.9. The number of fused-ring (bicyclic) bond motifs is 1. The highest BCUT2D eigenvalue weighted by Gasteiger charge is 2.35. The van der Waals surface area contributed by atoms with Crippen molar-refractivity contribution >= 4 is 15.9 Å². The minimum Gasteiger partial charge on any atom is -0.324 e. The molecule has 0 spiro atoms. The van der Waals surface area contributed by atoms with E-state index in [1.165, 1.54) is 38.5 Å². The van der Waals surface area contributed by atoms with E-state index in [1.807, 2.05) is 12.1 Å². The maximum Gasteiger partial charge on any atom is 0.142 e. The van der Waals surface area contributed by atoms with Crippen LogP contribution in [0.1, 0.15) is 56.6 Å². The Kier molecular flexibility index (Phi) is 4.46. The van der Waals surface area contributed by atoms with E-state index in [9.17, 15) is 4.39 Å². The molecule has 1 aromatic rings. The van der Waals surface area contributed by atoms with Gasteiger partial charge in [-0.05, 0) is 59.0 Å². The molecular weight excluding hydrogens is 317 g/mol. The van der Waals surface area contributed by atoms with Gasteiger partial charge in [-0.25, -0.2) is 4.39 Å². The van der Waals surface area contributed by atoms with Crippen LogP contribution in [0.15, 0.2) is 22.7 Å². The van der Waals surface area contributed by atoms with Crippen molar-refractivity contribution in [1.82, 2.24) is 0 Å². The summed E-state index contributed by atoms with van der Waals surface area (Å²) in [6.45, 7) is 0. The number of rotatable bonds is 2. The highest BCUT2D eigenvalue weighted by Crippen LogP contribution is 2.46. The van der Waals surface area contributed by atoms with Gasteiger partial charge in [0.15, 0.2) is 0 Å². The van der Waals surface area contributed by atoms with Gasteiger partial charge in [-0.3, -0.25) is 0 Å². The first-order valence-electron chi connectivity index (χ1n) is 7.86. The maximum absolute atomic E-state index is 14.2. The molecule has 0 saturated heterocycles. The summed E-state index contributed by atoms with van der Waals surface area (Å²) in [5.74, 6) is 2.02. The lowest BCUT2D eigenvalue weighted by molar-refractivity contribution is 0.116. The predicted octanol–water partition coefficient (Wildman–Crippen LogP) is 5.19. The molecule has 2 aliphatic carbocycles. The molecule has 110 valence electrons. The third kappa shape index (κ3) is 2.80. The summed E-state index contributed by atoms with van der Waals surface area (Å²) in [7, 11) is 0. The zero-order valence-electron chi connectivity index (χ0n) is 11.8. The van der Waals surface area contributed by atoms with Crippen molar-refractivity contribution in [1.29, 1.82) is 0 Å². The van der Waals surface area contributed by atoms with Crippen molar-refractivity contribution in [2.24, 2.45) is 23.5 Å². The third-order valence-electron chi connectivity index (χ3n) is 5.43. The lowest BCUT2D eigenvalue weighted by Crippen LogP contribution is -2.33. The van der Waals surface area contributed by atoms with Crippen LogP contribution in [0.5, 0.6) is 0 Å². The van der Waals surface area contributed by atoms with Gasteiger partial charge in [0, 0.05) is 11.6 Å². The van der Waals surface area contributed by atoms with E-state index in [0.717, 1.165) is 18.3 Å². The van der Waals surface area contributed by atoms with Gasteiger partial charge in [-0.15, -0.1) is 0 Å². The second-order valence-electron chi connectivity index (χ2n) is 6.55. The van der Waals surface area contributed by atoms with Crippen LogP contribution in [-0.4, -0.2) is 0 Å². The minimum absolute atomic E-state index is 0.157. The van der Waals surface area contributed by atoms with Crippen LogP contribution >= 0.6 is 15.9 Å². The third-order valence-corrected chi connectivity index (χ3v) is 6.04. The van der Waals surface area contributed by atoms with Crippen molar-refractivity contribution in [2.45, 2.75) is 51.0 Å². The lowest BCUT2D eigenvalue weighted by atomic mass is 9.65. The topological polar surface area (TPSA) is 26.0 Å². The second kappa shape index (κ2) is 6.15. The molecule has 4 atom stereocenters. The first-order valence-corrected chi connectivity index (χ1v) is 8.65. The summed E-state index contributed by atoms with van der Waals surface area (Å²) in [6.07, 6.45) is 9.17. The smallest absolute Gasteiger partial charge is 0.142 e. The lowest BCUT2D eigenvalue weighted by Gasteiger charge is -2.41. The van der Waals surface area contributed by atoms with Crippen molar-refractivity contribution in [3.63, 3.8) is 0 Å². The summed E-state index contributed by atoms with van der Waals surface area (Å²) in [6, 6.07) is 5.31. The van der Waals surface area contributed by atoms with E-state index in [0.29, 0.717) is 16.0 Å². The fourth-order valence-electron chi connectivity index (χ4n) is 4.27. The van der Waals surface area contributed by atoms with E-state index in [-0.39, 0.29) is 11.9 Å². The summed E-state index contributed by atoms with van der Waals surface area (Å²) in [5, 5.41) is 0. The van der Waals surface area contributed by atoms with Crippen LogP contribution in [0.2, 0.25) is 0 Å². The summed E-state index contributed by atoms with van der Waals surface area (Å²) in [4.78, 5) is 0. The van der Waals surface area contributed by atoms with Crippen LogP contribution in [0, 0.1) is 23.6 Å². The van der Waals surface area contributed by atoms with Crippen molar-refractivity contribution < 1.29 is 4.39 Å². The van der Waals surface area contributed by atoms with Gasteiger partial charge in [0.2, 0.25) is 0 Å². The molecule has 4 unspecified atom stereocenters. The molecule has 1 nitrogen and oxygen atoms in total. The number of hydrogen-bond acceptors (Lipinski definition) is 1. The molecule has 2 N–H and O–H groups in total. The summed E-state index contributed by atoms with van der Waals surface area (Å²) in [5.41, 5.74) is 7.08. The molecule has 0 aromatic heterocycles. The molecule has 0 amide bonds. The quantitative estimate of drug-likeness (QED) is 0.787. The maximum atomic E-state index is 14.2. The van der Waals surface area contributed by atoms with Gasteiger partial charge in [0.25, 0.3) is 0 Å². The Hall–Kier alpha value is -0.410. The molecule has 0 bridgehead atoms. The predicted molar refractivity (Wildman–Crippen MR) is 83.8 cm³/mol. The molecule has 0 aliphatic heterocycles. The van der Waals surface area contributed by atoms with E-state index in [1.54, 1.807) is 6.07 Å². The molecule has 2 fully saturated rings. The Morgan fingerprint density at radius 1 is 1.10 bits per heavy atom. The minimum atomic E-state index is -0.175. The van der Waals surface area contributed by atoms with Crippen LogP contribution in [0.3, 0.4) is 0 Å². The van der Waals surface area contributed by atoms with E-state index >= 15 is 0 Å². The summed E-state index contributed by atoms with van der Waals surface area (Å²) < 4.78 is 14.7. The largest absolute Gasteiger partial charge is 0.324 e. The molecule has 3 rings (SSSR count). The van der Waals surface area contributed by atoms with Crippen molar-refractivity contribution in [2.75, 3.05) is 0 Å². The number of benzene rings is 1. The van der Waals surface area contributed by atoms with Gasteiger partial charge >= 0.3 is 0 Å². The Labute approximate surface area is 129 Å².